The van der Waals surface area contributed by atoms with E-state index in [1.807, 2.05) is 0 Å². The Morgan fingerprint density at radius 2 is 2.47 bits per heavy atom. The van der Waals surface area contributed by atoms with Crippen LogP contribution >= 0.6 is 0 Å². The fourth-order valence-electron chi connectivity index (χ4n) is 1.88. The monoisotopic (exact) mass is 210 g/mol. The van der Waals surface area contributed by atoms with Crippen LogP contribution in [0.1, 0.15) is 37.5 Å². The maximum absolute atomic E-state index is 5.65. The van der Waals surface area contributed by atoms with E-state index in [9.17, 15) is 0 Å². The molecule has 1 aliphatic rings. The Hall–Kier alpha value is -0.870. The summed E-state index contributed by atoms with van der Waals surface area (Å²) in [5, 5.41) is 0. The highest BCUT2D eigenvalue weighted by atomic mass is 16.5. The van der Waals surface area contributed by atoms with Crippen molar-refractivity contribution in [1.29, 1.82) is 0 Å². The van der Waals surface area contributed by atoms with Crippen LogP contribution in [0.5, 0.6) is 0 Å². The van der Waals surface area contributed by atoms with Crippen LogP contribution in [-0.2, 0) is 11.2 Å². The minimum atomic E-state index is 0.101. The molecule has 0 aliphatic carbocycles. The zero-order valence-corrected chi connectivity index (χ0v) is 9.11. The molecule has 1 saturated heterocycles. The molecule has 1 fully saturated rings. The summed E-state index contributed by atoms with van der Waals surface area (Å²) in [5.41, 5.74) is 5.43. The van der Waals surface area contributed by atoms with Gasteiger partial charge in [0.1, 0.15) is 6.10 Å². The quantitative estimate of drug-likeness (QED) is 0.821. The van der Waals surface area contributed by atoms with Crippen LogP contribution in [-0.4, -0.2) is 18.1 Å². The van der Waals surface area contributed by atoms with Gasteiger partial charge in [0, 0.05) is 13.0 Å². The Bertz CT molecular complexity index is 311. The summed E-state index contributed by atoms with van der Waals surface area (Å²) < 4.78 is 11.3. The van der Waals surface area contributed by atoms with Gasteiger partial charge in [-0.3, -0.25) is 0 Å². The number of nitrogens with two attached hydrogens (primary N) is 1. The summed E-state index contributed by atoms with van der Waals surface area (Å²) in [6.07, 6.45) is 4.73. The average Bonchev–Trinajstić information content (AvgIpc) is 2.83. The van der Waals surface area contributed by atoms with E-state index in [1.165, 1.54) is 0 Å². The Morgan fingerprint density at radius 3 is 3.13 bits per heavy atom. The molecule has 4 heteroatoms. The molecule has 0 bridgehead atoms. The normalized spacial score (nSPS) is 26.0. The summed E-state index contributed by atoms with van der Waals surface area (Å²) in [4.78, 5) is 4.23. The predicted octanol–water partition coefficient (Wildman–Crippen LogP) is 1.66. The third kappa shape index (κ3) is 2.38. The van der Waals surface area contributed by atoms with Gasteiger partial charge in [-0.1, -0.05) is 6.92 Å². The van der Waals surface area contributed by atoms with Crippen molar-refractivity contribution < 1.29 is 9.15 Å². The first-order chi connectivity index (χ1) is 7.31. The van der Waals surface area contributed by atoms with E-state index in [1.54, 1.807) is 6.20 Å². The van der Waals surface area contributed by atoms with Crippen LogP contribution in [0.15, 0.2) is 10.6 Å². The highest BCUT2D eigenvalue weighted by Gasteiger charge is 2.28. The highest BCUT2D eigenvalue weighted by molar-refractivity contribution is 5.01. The van der Waals surface area contributed by atoms with Gasteiger partial charge < -0.3 is 14.9 Å². The molecule has 0 aromatic carbocycles. The molecule has 2 N–H and O–H groups in total. The van der Waals surface area contributed by atoms with Crippen molar-refractivity contribution in [3.8, 4) is 0 Å². The number of aryl methyl sites for hydroxylation is 1. The smallest absolute Gasteiger partial charge is 0.194 e. The van der Waals surface area contributed by atoms with E-state index in [2.05, 4.69) is 11.9 Å². The van der Waals surface area contributed by atoms with Gasteiger partial charge in [-0.15, -0.1) is 0 Å². The minimum absolute atomic E-state index is 0.101. The molecule has 2 atom stereocenters. The summed E-state index contributed by atoms with van der Waals surface area (Å²) in [6, 6.07) is 0. The van der Waals surface area contributed by atoms with Crippen molar-refractivity contribution in [2.24, 2.45) is 11.7 Å². The average molecular weight is 210 g/mol. The van der Waals surface area contributed by atoms with Crippen LogP contribution in [0.4, 0.5) is 0 Å². The summed E-state index contributed by atoms with van der Waals surface area (Å²) in [5.74, 6) is 2.17. The van der Waals surface area contributed by atoms with Gasteiger partial charge in [-0.2, -0.15) is 0 Å². The van der Waals surface area contributed by atoms with Crippen LogP contribution in [0, 0.1) is 5.92 Å². The predicted molar refractivity (Wildman–Crippen MR) is 56.4 cm³/mol. The molecule has 4 nitrogen and oxygen atoms in total. The topological polar surface area (TPSA) is 61.3 Å². The van der Waals surface area contributed by atoms with Gasteiger partial charge in [0.15, 0.2) is 11.7 Å². The van der Waals surface area contributed by atoms with E-state index in [-0.39, 0.29) is 6.10 Å². The van der Waals surface area contributed by atoms with E-state index in [0.29, 0.717) is 12.5 Å². The lowest BCUT2D eigenvalue weighted by Gasteiger charge is -2.10. The fraction of sp³-hybridized carbons (Fsp3) is 0.727. The SMILES string of the molecule is CC1CCOC1c1cnc(CCCN)o1. The maximum Gasteiger partial charge on any atom is 0.194 e. The first-order valence-corrected chi connectivity index (χ1v) is 5.57. The van der Waals surface area contributed by atoms with Crippen LogP contribution in [0.3, 0.4) is 0 Å². The molecule has 84 valence electrons. The molecule has 0 spiro atoms. The molecule has 2 unspecified atom stereocenters. The second-order valence-electron chi connectivity index (χ2n) is 4.11. The van der Waals surface area contributed by atoms with Gasteiger partial charge in [0.2, 0.25) is 0 Å². The van der Waals surface area contributed by atoms with Crippen molar-refractivity contribution in [2.75, 3.05) is 13.2 Å². The minimum Gasteiger partial charge on any atom is -0.443 e. The van der Waals surface area contributed by atoms with Crippen molar-refractivity contribution in [3.05, 3.63) is 17.8 Å². The van der Waals surface area contributed by atoms with Gasteiger partial charge in [0.25, 0.3) is 0 Å². The molecule has 0 amide bonds. The van der Waals surface area contributed by atoms with Crippen LogP contribution in [0.2, 0.25) is 0 Å². The summed E-state index contributed by atoms with van der Waals surface area (Å²) in [6.45, 7) is 3.68. The van der Waals surface area contributed by atoms with Gasteiger partial charge in [-0.05, 0) is 25.3 Å². The van der Waals surface area contributed by atoms with Crippen LogP contribution in [0.25, 0.3) is 0 Å². The maximum atomic E-state index is 5.65. The lowest BCUT2D eigenvalue weighted by molar-refractivity contribution is 0.0749. The Morgan fingerprint density at radius 1 is 1.60 bits per heavy atom. The standard InChI is InChI=1S/C11H18N2O2/c1-8-4-6-14-11(8)9-7-13-10(15-9)3-2-5-12/h7-8,11H,2-6,12H2,1H3. The molecule has 0 saturated carbocycles. The molecule has 15 heavy (non-hydrogen) atoms. The first kappa shape index (κ1) is 10.6. The third-order valence-corrected chi connectivity index (χ3v) is 2.83. The molecular formula is C11H18N2O2. The number of hydrogen-bond acceptors (Lipinski definition) is 4. The molecular weight excluding hydrogens is 192 g/mol. The van der Waals surface area contributed by atoms with Crippen molar-refractivity contribution in [3.63, 3.8) is 0 Å². The molecule has 2 heterocycles. The Labute approximate surface area is 89.8 Å². The number of rotatable bonds is 4. The molecule has 1 aromatic heterocycles. The van der Waals surface area contributed by atoms with E-state index in [0.717, 1.165) is 37.5 Å². The Balaban J connectivity index is 1.99. The number of hydrogen-bond donors (Lipinski definition) is 1. The number of oxazole rings is 1. The lowest BCUT2D eigenvalue weighted by Crippen LogP contribution is -2.02. The van der Waals surface area contributed by atoms with Gasteiger partial charge in [-0.25, -0.2) is 4.98 Å². The van der Waals surface area contributed by atoms with E-state index >= 15 is 0 Å². The Kier molecular flexibility index (Phi) is 3.38. The number of ether oxygens (including phenoxy) is 1. The highest BCUT2D eigenvalue weighted by Crippen LogP contribution is 2.34. The zero-order valence-electron chi connectivity index (χ0n) is 9.11. The second-order valence-corrected chi connectivity index (χ2v) is 4.11. The molecule has 2 rings (SSSR count). The van der Waals surface area contributed by atoms with Crippen molar-refractivity contribution >= 4 is 0 Å². The zero-order chi connectivity index (χ0) is 10.7. The van der Waals surface area contributed by atoms with Crippen molar-refractivity contribution in [1.82, 2.24) is 4.98 Å². The number of nitrogens with zero attached hydrogens (tertiary/aromatic N) is 1. The van der Waals surface area contributed by atoms with Gasteiger partial charge >= 0.3 is 0 Å². The van der Waals surface area contributed by atoms with Crippen molar-refractivity contribution in [2.45, 2.75) is 32.3 Å². The largest absolute Gasteiger partial charge is 0.443 e. The third-order valence-electron chi connectivity index (χ3n) is 2.83. The fourth-order valence-corrected chi connectivity index (χ4v) is 1.88. The molecule has 1 aliphatic heterocycles. The first-order valence-electron chi connectivity index (χ1n) is 5.57. The van der Waals surface area contributed by atoms with Gasteiger partial charge in [0.05, 0.1) is 6.20 Å². The number of aromatic nitrogens is 1. The van der Waals surface area contributed by atoms with E-state index < -0.39 is 0 Å². The summed E-state index contributed by atoms with van der Waals surface area (Å²) >= 11 is 0. The lowest BCUT2D eigenvalue weighted by atomic mass is 10.0. The molecule has 0 radical (unpaired) electrons. The second kappa shape index (κ2) is 4.77. The van der Waals surface area contributed by atoms with E-state index in [4.69, 9.17) is 14.9 Å². The summed E-state index contributed by atoms with van der Waals surface area (Å²) in [7, 11) is 0. The molecule has 1 aromatic rings. The van der Waals surface area contributed by atoms with Crippen LogP contribution < -0.4 is 5.73 Å².